The van der Waals surface area contributed by atoms with Crippen molar-refractivity contribution in [2.45, 2.75) is 41.5 Å². The van der Waals surface area contributed by atoms with Gasteiger partial charge in [-0.3, -0.25) is 9.59 Å². The summed E-state index contributed by atoms with van der Waals surface area (Å²) in [6.45, 7) is 9.87. The molecule has 0 aromatic rings. The van der Waals surface area contributed by atoms with E-state index >= 15 is 0 Å². The number of carboxylic acids is 3. The van der Waals surface area contributed by atoms with Crippen LogP contribution in [-0.2, 0) is 14.4 Å². The zero-order chi connectivity index (χ0) is 19.0. The molecule has 0 saturated carbocycles. The molecule has 0 amide bonds. The molecule has 0 aromatic heterocycles. The van der Waals surface area contributed by atoms with E-state index in [4.69, 9.17) is 0 Å². The van der Waals surface area contributed by atoms with Crippen LogP contribution in [0, 0.1) is 28.6 Å². The van der Waals surface area contributed by atoms with E-state index in [-0.39, 0.29) is 11.5 Å². The van der Waals surface area contributed by atoms with Crippen molar-refractivity contribution in [3.8, 4) is 0 Å². The lowest BCUT2D eigenvalue weighted by Gasteiger charge is -2.51. The van der Waals surface area contributed by atoms with E-state index in [0.717, 1.165) is 0 Å². The quantitative estimate of drug-likeness (QED) is 0.686. The highest BCUT2D eigenvalue weighted by atomic mass is 16.4. The maximum atomic E-state index is 12.4. The van der Waals surface area contributed by atoms with E-state index in [0.29, 0.717) is 5.57 Å². The number of hydrogen-bond donors (Lipinski definition) is 3. The van der Waals surface area contributed by atoms with Crippen LogP contribution in [0.4, 0.5) is 0 Å². The second kappa shape index (κ2) is 6.42. The van der Waals surface area contributed by atoms with E-state index in [2.05, 4.69) is 0 Å². The van der Waals surface area contributed by atoms with E-state index in [9.17, 15) is 29.7 Å². The van der Waals surface area contributed by atoms with E-state index in [1.807, 2.05) is 0 Å². The Morgan fingerprint density at radius 1 is 0.875 bits per heavy atom. The maximum absolute atomic E-state index is 12.4. The summed E-state index contributed by atoms with van der Waals surface area (Å²) in [6, 6.07) is 0. The molecule has 1 aliphatic rings. The summed E-state index contributed by atoms with van der Waals surface area (Å²) in [7, 11) is 0. The van der Waals surface area contributed by atoms with Gasteiger partial charge in [-0.2, -0.15) is 0 Å². The second-order valence-corrected chi connectivity index (χ2v) is 7.22. The fourth-order valence-corrected chi connectivity index (χ4v) is 4.08. The van der Waals surface area contributed by atoms with Crippen molar-refractivity contribution in [2.75, 3.05) is 0 Å². The van der Waals surface area contributed by atoms with Gasteiger partial charge in [0.05, 0.1) is 5.57 Å². The van der Waals surface area contributed by atoms with Crippen LogP contribution < -0.4 is 0 Å². The van der Waals surface area contributed by atoms with Crippen molar-refractivity contribution in [3.05, 3.63) is 23.3 Å². The lowest BCUT2D eigenvalue weighted by atomic mass is 9.48. The van der Waals surface area contributed by atoms with Crippen molar-refractivity contribution >= 4 is 17.9 Å². The molecule has 0 saturated heterocycles. The van der Waals surface area contributed by atoms with Crippen LogP contribution in [0.3, 0.4) is 0 Å². The summed E-state index contributed by atoms with van der Waals surface area (Å²) in [5.41, 5.74) is -3.87. The smallest absolute Gasteiger partial charge is 0.333 e. The number of carboxylic acid groups (broad SMARTS) is 3. The second-order valence-electron chi connectivity index (χ2n) is 7.22. The molecule has 1 rings (SSSR count). The molecule has 0 aromatic carbocycles. The average molecular weight is 338 g/mol. The topological polar surface area (TPSA) is 112 Å². The normalized spacial score (nSPS) is 27.2. The zero-order valence-corrected chi connectivity index (χ0v) is 15.0. The largest absolute Gasteiger partial charge is 0.481 e. The monoisotopic (exact) mass is 338 g/mol. The Bertz CT molecular complexity index is 625. The van der Waals surface area contributed by atoms with Gasteiger partial charge in [0.25, 0.3) is 0 Å². The molecule has 0 heterocycles. The predicted octanol–water partition coefficient (Wildman–Crippen LogP) is 3.05. The van der Waals surface area contributed by atoms with Crippen LogP contribution in [0.5, 0.6) is 0 Å². The summed E-state index contributed by atoms with van der Waals surface area (Å²) in [4.78, 5) is 36.8. The minimum atomic E-state index is -2.06. The van der Waals surface area contributed by atoms with E-state index < -0.39 is 40.6 Å². The molecule has 3 N–H and O–H groups in total. The van der Waals surface area contributed by atoms with Gasteiger partial charge >= 0.3 is 17.9 Å². The number of carbonyl (C=O) groups is 3. The first-order valence-corrected chi connectivity index (χ1v) is 8.02. The molecule has 0 bridgehead atoms. The third-order valence-corrected chi connectivity index (χ3v) is 5.17. The number of allylic oxidation sites excluding steroid dienone is 2. The van der Waals surface area contributed by atoms with Crippen LogP contribution in [0.15, 0.2) is 23.3 Å². The van der Waals surface area contributed by atoms with Gasteiger partial charge in [-0.25, -0.2) is 4.79 Å². The standard InChI is InChI=1S/C18H26O6/c1-9(2)12-7-8-17(10(3)4,15(21)22)18(11(5)6,16(23)24)13(12)14(19)20/h7-11H,1-6H3,(H,19,20)(H,21,22)(H,23,24). The highest BCUT2D eigenvalue weighted by Crippen LogP contribution is 2.59. The van der Waals surface area contributed by atoms with Crippen LogP contribution in [0.25, 0.3) is 0 Å². The third kappa shape index (κ3) is 2.36. The van der Waals surface area contributed by atoms with Crippen molar-refractivity contribution < 1.29 is 29.7 Å². The summed E-state index contributed by atoms with van der Waals surface area (Å²) < 4.78 is 0. The highest BCUT2D eigenvalue weighted by molar-refractivity contribution is 6.03. The average Bonchev–Trinajstić information content (AvgIpc) is 2.43. The molecular weight excluding hydrogens is 312 g/mol. The summed E-state index contributed by atoms with van der Waals surface area (Å²) in [6.07, 6.45) is 2.86. The third-order valence-electron chi connectivity index (χ3n) is 5.17. The van der Waals surface area contributed by atoms with Gasteiger partial charge in [-0.15, -0.1) is 0 Å². The highest BCUT2D eigenvalue weighted by Gasteiger charge is 2.68. The van der Waals surface area contributed by atoms with E-state index in [1.165, 1.54) is 12.2 Å². The van der Waals surface area contributed by atoms with Gasteiger partial charge < -0.3 is 15.3 Å². The Labute approximate surface area is 141 Å². The maximum Gasteiger partial charge on any atom is 0.333 e. The number of hydrogen-bond acceptors (Lipinski definition) is 3. The molecule has 2 unspecified atom stereocenters. The van der Waals surface area contributed by atoms with Crippen molar-refractivity contribution in [1.82, 2.24) is 0 Å². The molecule has 6 nitrogen and oxygen atoms in total. The van der Waals surface area contributed by atoms with Crippen LogP contribution in [0.1, 0.15) is 41.5 Å². The van der Waals surface area contributed by atoms with Crippen LogP contribution in [-0.4, -0.2) is 33.2 Å². The molecule has 134 valence electrons. The Morgan fingerprint density at radius 3 is 1.62 bits per heavy atom. The molecule has 0 spiro atoms. The molecule has 0 radical (unpaired) electrons. The van der Waals surface area contributed by atoms with Crippen molar-refractivity contribution in [2.24, 2.45) is 28.6 Å². The summed E-state index contributed by atoms with van der Waals surface area (Å²) >= 11 is 0. The molecule has 6 heteroatoms. The lowest BCUT2D eigenvalue weighted by molar-refractivity contribution is -0.176. The Kier molecular flexibility index (Phi) is 5.33. The van der Waals surface area contributed by atoms with Crippen LogP contribution >= 0.6 is 0 Å². The van der Waals surface area contributed by atoms with Crippen molar-refractivity contribution in [1.29, 1.82) is 0 Å². The van der Waals surface area contributed by atoms with Gasteiger partial charge in [0.1, 0.15) is 10.8 Å². The van der Waals surface area contributed by atoms with E-state index in [1.54, 1.807) is 41.5 Å². The predicted molar refractivity (Wildman–Crippen MR) is 88.5 cm³/mol. The Hall–Kier alpha value is -2.11. The van der Waals surface area contributed by atoms with Gasteiger partial charge in [-0.05, 0) is 23.3 Å². The number of rotatable bonds is 6. The molecule has 0 aliphatic heterocycles. The van der Waals surface area contributed by atoms with Gasteiger partial charge in [-0.1, -0.05) is 53.7 Å². The van der Waals surface area contributed by atoms with Crippen LogP contribution in [0.2, 0.25) is 0 Å². The minimum Gasteiger partial charge on any atom is -0.481 e. The summed E-state index contributed by atoms with van der Waals surface area (Å²) in [5.74, 6) is -5.74. The van der Waals surface area contributed by atoms with Gasteiger partial charge in [0.15, 0.2) is 0 Å². The molecule has 2 atom stereocenters. The first-order chi connectivity index (χ1) is 10.9. The Balaban J connectivity index is 4.15. The SMILES string of the molecule is CC(C)C1=C(C(=O)O)C(C(=O)O)(C(C)C)C(C(=O)O)(C(C)C)C=C1. The van der Waals surface area contributed by atoms with Crippen molar-refractivity contribution in [3.63, 3.8) is 0 Å². The molecule has 24 heavy (non-hydrogen) atoms. The molecule has 1 aliphatic carbocycles. The Morgan fingerprint density at radius 2 is 1.38 bits per heavy atom. The minimum absolute atomic E-state index is 0.246. The summed E-state index contributed by atoms with van der Waals surface area (Å²) in [5, 5.41) is 29.9. The fraction of sp³-hybridized carbons (Fsp3) is 0.611. The molecule has 0 fully saturated rings. The fourth-order valence-electron chi connectivity index (χ4n) is 4.08. The first-order valence-electron chi connectivity index (χ1n) is 8.02. The zero-order valence-electron chi connectivity index (χ0n) is 15.0. The first kappa shape index (κ1) is 19.9. The van der Waals surface area contributed by atoms with Gasteiger partial charge in [0.2, 0.25) is 0 Å². The lowest BCUT2D eigenvalue weighted by Crippen LogP contribution is -2.60. The molecular formula is C18H26O6. The number of aliphatic carboxylic acids is 3. The van der Waals surface area contributed by atoms with Gasteiger partial charge in [0, 0.05) is 0 Å².